The lowest BCUT2D eigenvalue weighted by atomic mass is 9.88. The Balaban J connectivity index is 1.51. The second kappa shape index (κ2) is 11.5. The van der Waals surface area contributed by atoms with Crippen molar-refractivity contribution >= 4 is 22.1 Å². The second-order valence-electron chi connectivity index (χ2n) is 12.7. The number of para-hydroxylation sites is 2. The van der Waals surface area contributed by atoms with E-state index in [1.54, 1.807) is 12.1 Å². The molecule has 0 fully saturated rings. The van der Waals surface area contributed by atoms with Crippen LogP contribution in [0, 0.1) is 18.3 Å². The van der Waals surface area contributed by atoms with Crippen molar-refractivity contribution in [2.75, 3.05) is 0 Å². The SMILES string of the molecule is Cc1cc2nc(-c3ccc(C#N)cc3)oc2cc1-c1n(-c2c(C(C)C)cc(-c3ccccc3)cc2C(C)C)c2ccccc2[n+]1C. The molecule has 0 bridgehead atoms. The van der Waals surface area contributed by atoms with Crippen molar-refractivity contribution in [3.63, 3.8) is 0 Å². The first-order valence-corrected chi connectivity index (χ1v) is 15.9. The highest BCUT2D eigenvalue weighted by Crippen LogP contribution is 2.40. The van der Waals surface area contributed by atoms with E-state index in [0.29, 0.717) is 23.3 Å². The summed E-state index contributed by atoms with van der Waals surface area (Å²) in [5.41, 5.74) is 13.8. The maximum absolute atomic E-state index is 9.23. The molecule has 0 saturated heterocycles. The summed E-state index contributed by atoms with van der Waals surface area (Å²) in [4.78, 5) is 4.83. The number of imidazole rings is 1. The number of rotatable bonds is 6. The van der Waals surface area contributed by atoms with Crippen LogP contribution in [0.5, 0.6) is 0 Å². The molecule has 0 aliphatic rings. The maximum atomic E-state index is 9.23. The first kappa shape index (κ1) is 29.3. The molecule has 2 aromatic heterocycles. The van der Waals surface area contributed by atoms with E-state index >= 15 is 0 Å². The molecule has 0 aliphatic carbocycles. The zero-order valence-corrected chi connectivity index (χ0v) is 27.2. The number of nitrogens with zero attached hydrogens (tertiary/aromatic N) is 4. The maximum Gasteiger partial charge on any atom is 0.295 e. The Bertz CT molecular complexity index is 2250. The van der Waals surface area contributed by atoms with Gasteiger partial charge in [0.2, 0.25) is 5.89 Å². The summed E-state index contributed by atoms with van der Waals surface area (Å²) in [7, 11) is 2.16. The molecular weight excluding hydrogens is 564 g/mol. The lowest BCUT2D eigenvalue weighted by molar-refractivity contribution is -0.633. The number of aryl methyl sites for hydroxylation is 2. The van der Waals surface area contributed by atoms with Gasteiger partial charge in [-0.1, -0.05) is 70.2 Å². The highest BCUT2D eigenvalue weighted by molar-refractivity contribution is 5.86. The fraction of sp³-hybridized carbons (Fsp3) is 0.195. The first-order valence-electron chi connectivity index (χ1n) is 15.9. The van der Waals surface area contributed by atoms with Crippen LogP contribution in [0.25, 0.3) is 61.8 Å². The molecule has 7 aromatic rings. The van der Waals surface area contributed by atoms with E-state index in [-0.39, 0.29) is 0 Å². The average molecular weight is 602 g/mol. The average Bonchev–Trinajstić information content (AvgIpc) is 3.61. The van der Waals surface area contributed by atoms with Gasteiger partial charge in [-0.3, -0.25) is 0 Å². The molecule has 46 heavy (non-hydrogen) atoms. The van der Waals surface area contributed by atoms with Gasteiger partial charge in [-0.05, 0) is 96.1 Å². The molecule has 226 valence electrons. The molecule has 0 N–H and O–H groups in total. The molecular formula is C41H37N4O+. The van der Waals surface area contributed by atoms with E-state index in [2.05, 4.69) is 136 Å². The molecule has 0 amide bonds. The van der Waals surface area contributed by atoms with Crippen LogP contribution in [-0.4, -0.2) is 9.55 Å². The monoisotopic (exact) mass is 601 g/mol. The van der Waals surface area contributed by atoms with Gasteiger partial charge in [0.05, 0.1) is 24.2 Å². The third-order valence-electron chi connectivity index (χ3n) is 8.99. The minimum atomic E-state index is 0.295. The van der Waals surface area contributed by atoms with Crippen molar-refractivity contribution in [2.45, 2.75) is 46.5 Å². The van der Waals surface area contributed by atoms with E-state index < -0.39 is 0 Å². The smallest absolute Gasteiger partial charge is 0.295 e. The van der Waals surface area contributed by atoms with Crippen LogP contribution in [0.15, 0.2) is 108 Å². The summed E-state index contributed by atoms with van der Waals surface area (Å²) >= 11 is 0. The van der Waals surface area contributed by atoms with E-state index in [0.717, 1.165) is 44.6 Å². The van der Waals surface area contributed by atoms with E-state index in [1.807, 2.05) is 12.1 Å². The summed E-state index contributed by atoms with van der Waals surface area (Å²) in [6, 6.07) is 37.9. The standard InChI is InChI=1S/C41H37N4O/c1-25(2)32-21-31(29-12-8-7-9-13-29)22-33(26(3)4)39(32)45-37-15-11-10-14-36(37)44(6)41(45)34-23-38-35(20-27(34)5)43-40(46-38)30-18-16-28(24-42)17-19-30/h7-23,25-26H,1-6H3/q+1. The van der Waals surface area contributed by atoms with Crippen LogP contribution in [0.1, 0.15) is 61.8 Å². The number of fused-ring (bicyclic) bond motifs is 2. The van der Waals surface area contributed by atoms with Crippen LogP contribution >= 0.6 is 0 Å². The predicted molar refractivity (Wildman–Crippen MR) is 186 cm³/mol. The van der Waals surface area contributed by atoms with Gasteiger partial charge in [-0.25, -0.2) is 9.55 Å². The third kappa shape index (κ3) is 4.87. The molecule has 7 rings (SSSR count). The van der Waals surface area contributed by atoms with Crippen molar-refractivity contribution in [1.82, 2.24) is 9.55 Å². The summed E-state index contributed by atoms with van der Waals surface area (Å²) in [5.74, 6) is 2.22. The van der Waals surface area contributed by atoms with Gasteiger partial charge < -0.3 is 4.42 Å². The molecule has 5 nitrogen and oxygen atoms in total. The van der Waals surface area contributed by atoms with Crippen molar-refractivity contribution < 1.29 is 8.98 Å². The first-order chi connectivity index (χ1) is 22.2. The Labute approximate surface area is 270 Å². The van der Waals surface area contributed by atoms with E-state index in [9.17, 15) is 5.26 Å². The molecule has 5 aromatic carbocycles. The van der Waals surface area contributed by atoms with Gasteiger partial charge in [-0.2, -0.15) is 9.83 Å². The Kier molecular flexibility index (Phi) is 7.29. The normalized spacial score (nSPS) is 11.6. The number of hydrogen-bond acceptors (Lipinski definition) is 3. The van der Waals surface area contributed by atoms with E-state index in [4.69, 9.17) is 9.40 Å². The Morgan fingerprint density at radius 1 is 0.761 bits per heavy atom. The quantitative estimate of drug-likeness (QED) is 0.178. The summed E-state index contributed by atoms with van der Waals surface area (Å²) in [5, 5.41) is 9.23. The second-order valence-corrected chi connectivity index (χ2v) is 12.7. The number of benzene rings is 5. The number of hydrogen-bond donors (Lipinski definition) is 0. The summed E-state index contributed by atoms with van der Waals surface area (Å²) < 4.78 is 11.2. The fourth-order valence-electron chi connectivity index (χ4n) is 6.59. The van der Waals surface area contributed by atoms with Crippen LogP contribution < -0.4 is 4.57 Å². The van der Waals surface area contributed by atoms with E-state index in [1.165, 1.54) is 27.9 Å². The molecule has 0 saturated carbocycles. The van der Waals surface area contributed by atoms with Gasteiger partial charge >= 0.3 is 0 Å². The highest BCUT2D eigenvalue weighted by atomic mass is 16.3. The molecule has 0 unspecified atom stereocenters. The number of oxazole rings is 1. The molecule has 0 atom stereocenters. The molecule has 0 radical (unpaired) electrons. The van der Waals surface area contributed by atoms with Crippen LogP contribution in [-0.2, 0) is 7.05 Å². The van der Waals surface area contributed by atoms with Crippen LogP contribution in [0.4, 0.5) is 0 Å². The lowest BCUT2D eigenvalue weighted by Crippen LogP contribution is -2.30. The molecule has 0 aliphatic heterocycles. The minimum absolute atomic E-state index is 0.295. The molecule has 0 spiro atoms. The van der Waals surface area contributed by atoms with Gasteiger partial charge in [0.1, 0.15) is 11.2 Å². The van der Waals surface area contributed by atoms with Crippen molar-refractivity contribution in [3.05, 3.63) is 125 Å². The summed E-state index contributed by atoms with van der Waals surface area (Å²) in [6.07, 6.45) is 0. The number of aromatic nitrogens is 3. The summed E-state index contributed by atoms with van der Waals surface area (Å²) in [6.45, 7) is 11.3. The predicted octanol–water partition coefficient (Wildman–Crippen LogP) is 10.0. The minimum Gasteiger partial charge on any atom is -0.436 e. The third-order valence-corrected chi connectivity index (χ3v) is 8.99. The molecule has 2 heterocycles. The van der Waals surface area contributed by atoms with Crippen molar-refractivity contribution in [3.8, 4) is 45.7 Å². The van der Waals surface area contributed by atoms with Gasteiger partial charge in [-0.15, -0.1) is 0 Å². The Hall–Kier alpha value is -5.47. The van der Waals surface area contributed by atoms with Gasteiger partial charge in [0, 0.05) is 16.7 Å². The van der Waals surface area contributed by atoms with Crippen LogP contribution in [0.3, 0.4) is 0 Å². The topological polar surface area (TPSA) is 58.6 Å². The van der Waals surface area contributed by atoms with Gasteiger partial charge in [0.15, 0.2) is 16.6 Å². The lowest BCUT2D eigenvalue weighted by Gasteiger charge is -2.21. The zero-order chi connectivity index (χ0) is 32.1. The Morgan fingerprint density at radius 2 is 1.41 bits per heavy atom. The van der Waals surface area contributed by atoms with Gasteiger partial charge in [0.25, 0.3) is 5.82 Å². The Morgan fingerprint density at radius 3 is 2.07 bits per heavy atom. The largest absolute Gasteiger partial charge is 0.436 e. The zero-order valence-electron chi connectivity index (χ0n) is 27.2. The highest BCUT2D eigenvalue weighted by Gasteiger charge is 2.32. The number of nitriles is 1. The fourth-order valence-corrected chi connectivity index (χ4v) is 6.59. The van der Waals surface area contributed by atoms with Crippen LogP contribution in [0.2, 0.25) is 0 Å². The van der Waals surface area contributed by atoms with Crippen molar-refractivity contribution in [2.24, 2.45) is 7.05 Å². The van der Waals surface area contributed by atoms with Crippen molar-refractivity contribution in [1.29, 1.82) is 5.26 Å². The molecule has 5 heteroatoms.